The van der Waals surface area contributed by atoms with Gasteiger partial charge in [0.2, 0.25) is 0 Å². The van der Waals surface area contributed by atoms with E-state index in [9.17, 15) is 0 Å². The van der Waals surface area contributed by atoms with Crippen molar-refractivity contribution in [3.05, 3.63) is 214 Å². The summed E-state index contributed by atoms with van der Waals surface area (Å²) in [7, 11) is 0. The average Bonchev–Trinajstić information content (AvgIpc) is 4.25. The Morgan fingerprint density at radius 3 is 1.04 bits per heavy atom. The van der Waals surface area contributed by atoms with Crippen LogP contribution in [0.1, 0.15) is 60.1 Å². The SMILES string of the molecule is CCCCc1ccc(-c2c3nc(c(-c4ccc(-c5cccc(Cl)c5)cc4)c4ccc([nH]4)c(-c4ccc(CCCI)cc4)c4nc(c(-c5ccc(-c6cccc(Cl)c6)cc5)c5ccc2[nH]5)C=C4)C=C3)cc1. The van der Waals surface area contributed by atoms with Gasteiger partial charge in [-0.25, -0.2) is 9.97 Å². The van der Waals surface area contributed by atoms with Crippen LogP contribution in [-0.2, 0) is 12.8 Å². The molecule has 0 amide bonds. The molecular formula is C63H49Cl2IN4. The summed E-state index contributed by atoms with van der Waals surface area (Å²) >= 11 is 15.4. The van der Waals surface area contributed by atoms with Gasteiger partial charge in [0.1, 0.15) is 0 Å². The molecule has 0 saturated carbocycles. The predicted octanol–water partition coefficient (Wildman–Crippen LogP) is 18.7. The third kappa shape index (κ3) is 9.46. The lowest BCUT2D eigenvalue weighted by Gasteiger charge is -2.09. The second kappa shape index (κ2) is 20.3. The van der Waals surface area contributed by atoms with E-state index in [1.165, 1.54) is 11.1 Å². The van der Waals surface area contributed by atoms with Crippen molar-refractivity contribution in [2.45, 2.75) is 39.0 Å². The van der Waals surface area contributed by atoms with Gasteiger partial charge in [0.15, 0.2) is 0 Å². The van der Waals surface area contributed by atoms with Crippen LogP contribution in [0.15, 0.2) is 170 Å². The summed E-state index contributed by atoms with van der Waals surface area (Å²) in [6.45, 7) is 2.24. The van der Waals surface area contributed by atoms with Crippen molar-refractivity contribution in [3.63, 3.8) is 0 Å². The fourth-order valence-corrected chi connectivity index (χ4v) is 10.5. The highest BCUT2D eigenvalue weighted by Crippen LogP contribution is 2.40. The Morgan fingerprint density at radius 2 is 0.714 bits per heavy atom. The number of aryl methyl sites for hydroxylation is 2. The number of fused-ring (bicyclic) bond motifs is 8. The normalized spacial score (nSPS) is 11.9. The highest BCUT2D eigenvalue weighted by Gasteiger charge is 2.20. The molecule has 8 bridgehead atoms. The first-order valence-corrected chi connectivity index (χ1v) is 26.3. The molecule has 2 aliphatic heterocycles. The first-order valence-electron chi connectivity index (χ1n) is 24.0. The Labute approximate surface area is 433 Å². The second-order valence-electron chi connectivity index (χ2n) is 18.0. The molecule has 6 aromatic carbocycles. The molecule has 0 unspecified atom stereocenters. The summed E-state index contributed by atoms with van der Waals surface area (Å²) in [4.78, 5) is 19.0. The number of rotatable bonds is 12. The van der Waals surface area contributed by atoms with Crippen molar-refractivity contribution in [1.29, 1.82) is 0 Å². The summed E-state index contributed by atoms with van der Waals surface area (Å²) in [6.07, 6.45) is 14.2. The van der Waals surface area contributed by atoms with Gasteiger partial charge in [-0.15, -0.1) is 0 Å². The van der Waals surface area contributed by atoms with Crippen LogP contribution in [0.25, 0.3) is 113 Å². The Kier molecular flexibility index (Phi) is 13.2. The van der Waals surface area contributed by atoms with Crippen LogP contribution in [-0.4, -0.2) is 24.4 Å². The minimum absolute atomic E-state index is 0.712. The monoisotopic (exact) mass is 1060 g/mol. The van der Waals surface area contributed by atoms with Crippen LogP contribution in [0.3, 0.4) is 0 Å². The largest absolute Gasteiger partial charge is 0.354 e. The van der Waals surface area contributed by atoms with Crippen molar-refractivity contribution in [1.82, 2.24) is 19.9 Å². The maximum atomic E-state index is 6.45. The summed E-state index contributed by atoms with van der Waals surface area (Å²) in [5.74, 6) is 0. The Hall–Kier alpha value is -6.77. The molecule has 0 radical (unpaired) electrons. The molecule has 0 saturated heterocycles. The van der Waals surface area contributed by atoms with Crippen molar-refractivity contribution < 1.29 is 0 Å². The molecule has 4 nitrogen and oxygen atoms in total. The van der Waals surface area contributed by atoms with E-state index in [-0.39, 0.29) is 0 Å². The summed E-state index contributed by atoms with van der Waals surface area (Å²) in [5, 5.41) is 1.42. The number of hydrogen-bond acceptors (Lipinski definition) is 2. The molecule has 342 valence electrons. The third-order valence-electron chi connectivity index (χ3n) is 13.3. The van der Waals surface area contributed by atoms with E-state index >= 15 is 0 Å². The number of benzene rings is 6. The average molecular weight is 1060 g/mol. The maximum absolute atomic E-state index is 6.45. The van der Waals surface area contributed by atoms with Crippen molar-refractivity contribution in [2.75, 3.05) is 4.43 Å². The maximum Gasteiger partial charge on any atom is 0.0737 e. The van der Waals surface area contributed by atoms with Gasteiger partial charge < -0.3 is 9.97 Å². The van der Waals surface area contributed by atoms with Crippen molar-refractivity contribution in [3.8, 4) is 66.8 Å². The lowest BCUT2D eigenvalue weighted by molar-refractivity contribution is 0.795. The highest BCUT2D eigenvalue weighted by atomic mass is 127. The quantitative estimate of drug-likeness (QED) is 0.0946. The number of nitrogens with one attached hydrogen (secondary N) is 2. The molecule has 0 spiro atoms. The number of hydrogen-bond donors (Lipinski definition) is 2. The van der Waals surface area contributed by atoms with E-state index in [4.69, 9.17) is 33.2 Å². The number of H-pyrrole nitrogens is 2. The Morgan fingerprint density at radius 1 is 0.386 bits per heavy atom. The highest BCUT2D eigenvalue weighted by molar-refractivity contribution is 14.1. The molecule has 2 N–H and O–H groups in total. The molecule has 7 heteroatoms. The lowest BCUT2D eigenvalue weighted by Crippen LogP contribution is -1.91. The van der Waals surface area contributed by atoms with Gasteiger partial charge in [-0.1, -0.05) is 180 Å². The molecule has 5 heterocycles. The third-order valence-corrected chi connectivity index (χ3v) is 14.6. The first kappa shape index (κ1) is 45.7. The van der Waals surface area contributed by atoms with Gasteiger partial charge in [-0.05, 0) is 159 Å². The number of halogens is 3. The zero-order valence-electron chi connectivity index (χ0n) is 38.7. The van der Waals surface area contributed by atoms with Crippen molar-refractivity contribution in [2.24, 2.45) is 0 Å². The van der Waals surface area contributed by atoms with Crippen LogP contribution in [0.2, 0.25) is 10.0 Å². The zero-order chi connectivity index (χ0) is 47.6. The van der Waals surface area contributed by atoms with Crippen LogP contribution in [0.5, 0.6) is 0 Å². The molecule has 11 rings (SSSR count). The van der Waals surface area contributed by atoms with Crippen LogP contribution in [0.4, 0.5) is 0 Å². The van der Waals surface area contributed by atoms with E-state index in [0.717, 1.165) is 148 Å². The van der Waals surface area contributed by atoms with E-state index in [1.807, 2.05) is 36.4 Å². The molecule has 0 atom stereocenters. The molecular weight excluding hydrogens is 1010 g/mol. The Bertz CT molecular complexity index is 3380. The molecule has 3 aromatic heterocycles. The smallest absolute Gasteiger partial charge is 0.0737 e. The Balaban J connectivity index is 1.20. The van der Waals surface area contributed by atoms with Crippen LogP contribution in [0, 0.1) is 0 Å². The topological polar surface area (TPSA) is 57.4 Å². The zero-order valence-corrected chi connectivity index (χ0v) is 42.4. The van der Waals surface area contributed by atoms with E-state index < -0.39 is 0 Å². The summed E-state index contributed by atoms with van der Waals surface area (Å²) in [6, 6.07) is 60.3. The molecule has 9 aromatic rings. The van der Waals surface area contributed by atoms with Gasteiger partial charge in [0.25, 0.3) is 0 Å². The second-order valence-corrected chi connectivity index (χ2v) is 19.9. The standard InChI is InChI=1S/C63H49Cl2IN4/c1-2-3-7-40-13-17-44(18-14-40)60-52-29-33-56(67-52)62(46-25-21-42(22-26-46)48-9-4-11-50(64)38-48)58-35-31-54(69-58)61(45-19-15-41(16-20-45)8-6-37-66)55-32-36-59(70-55)63(57-34-30-53(60)68-57)47-27-23-43(24-28-47)49-10-5-12-51(65)39-49/h4-5,9-36,38-39,67,70H,2-3,6-8,37H2,1H3. The summed E-state index contributed by atoms with van der Waals surface area (Å²) < 4.78 is 1.13. The van der Waals surface area contributed by atoms with Gasteiger partial charge in [-0.3, -0.25) is 0 Å². The van der Waals surface area contributed by atoms with Gasteiger partial charge in [0.05, 0.1) is 22.8 Å². The van der Waals surface area contributed by atoms with Gasteiger partial charge in [0, 0.05) is 54.4 Å². The lowest BCUT2D eigenvalue weighted by atomic mass is 9.99. The number of unbranched alkanes of at least 4 members (excludes halogenated alkanes) is 1. The number of nitrogens with zero attached hydrogens (tertiary/aromatic N) is 2. The van der Waals surface area contributed by atoms with Crippen LogP contribution >= 0.6 is 45.8 Å². The van der Waals surface area contributed by atoms with Crippen molar-refractivity contribution >= 4 is 92.2 Å². The fraction of sp³-hybridized carbons (Fsp3) is 0.111. The van der Waals surface area contributed by atoms with Crippen LogP contribution < -0.4 is 0 Å². The molecule has 0 aliphatic carbocycles. The number of aromatic amines is 2. The van der Waals surface area contributed by atoms with Gasteiger partial charge >= 0.3 is 0 Å². The minimum Gasteiger partial charge on any atom is -0.354 e. The minimum atomic E-state index is 0.712. The summed E-state index contributed by atoms with van der Waals surface area (Å²) in [5.41, 5.74) is 22.7. The van der Waals surface area contributed by atoms with E-state index in [0.29, 0.717) is 10.0 Å². The molecule has 70 heavy (non-hydrogen) atoms. The first-order chi connectivity index (χ1) is 34.4. The predicted molar refractivity (Wildman–Crippen MR) is 307 cm³/mol. The van der Waals surface area contributed by atoms with Gasteiger partial charge in [-0.2, -0.15) is 0 Å². The van der Waals surface area contributed by atoms with E-state index in [1.54, 1.807) is 0 Å². The molecule has 0 fully saturated rings. The fourth-order valence-electron chi connectivity index (χ4n) is 9.74. The van der Waals surface area contributed by atoms with E-state index in [2.05, 4.69) is 197 Å². The number of alkyl halides is 1. The number of aromatic nitrogens is 4. The molecule has 2 aliphatic rings.